The molecular formula is C23H38N8O5. The number of nitrogens with two attached hydrogens (primary N) is 4. The minimum Gasteiger partial charge on any atom is -0.370 e. The van der Waals surface area contributed by atoms with Gasteiger partial charge in [0.25, 0.3) is 5.69 Å². The highest BCUT2D eigenvalue weighted by atomic mass is 16.6. The molecule has 36 heavy (non-hydrogen) atoms. The van der Waals surface area contributed by atoms with Crippen molar-refractivity contribution in [3.05, 3.63) is 34.4 Å². The van der Waals surface area contributed by atoms with Gasteiger partial charge in [-0.1, -0.05) is 27.7 Å². The van der Waals surface area contributed by atoms with Crippen molar-refractivity contribution in [1.29, 1.82) is 0 Å². The molecule has 0 bridgehead atoms. The maximum Gasteiger partial charge on any atom is 0.269 e. The van der Waals surface area contributed by atoms with E-state index in [1.54, 1.807) is 13.8 Å². The standard InChI is InChI=1S/C23H38N8O5/c1-13(2)12-17(29-21(33)19(24)14(3)4)22(34)30(15-7-9-16(10-8-15)31(35)36)18(20(25)32)6-5-11-28-23(26)27/h7-10,13-14,17-19H,5-6,11-12,24H2,1-4H3,(H2,25,32)(H,29,33)(H4,26,27,28)/t17-,18-,19-/m0/s1. The molecule has 13 heteroatoms. The molecule has 0 aliphatic rings. The summed E-state index contributed by atoms with van der Waals surface area (Å²) < 4.78 is 0. The topological polar surface area (TPSA) is 226 Å². The molecule has 0 unspecified atom stereocenters. The number of anilines is 1. The van der Waals surface area contributed by atoms with E-state index in [4.69, 9.17) is 22.9 Å². The highest BCUT2D eigenvalue weighted by Crippen LogP contribution is 2.25. The molecule has 0 heterocycles. The molecule has 9 N–H and O–H groups in total. The van der Waals surface area contributed by atoms with Crippen LogP contribution in [-0.2, 0) is 14.4 Å². The fraction of sp³-hybridized carbons (Fsp3) is 0.565. The average Bonchev–Trinajstić information content (AvgIpc) is 2.79. The first-order chi connectivity index (χ1) is 16.8. The quantitative estimate of drug-likeness (QED) is 0.0775. The van der Waals surface area contributed by atoms with Gasteiger partial charge in [-0.3, -0.25) is 34.4 Å². The Hall–Kier alpha value is -3.74. The van der Waals surface area contributed by atoms with Crippen LogP contribution in [0.15, 0.2) is 29.3 Å². The van der Waals surface area contributed by atoms with E-state index in [0.29, 0.717) is 6.42 Å². The lowest BCUT2D eigenvalue weighted by atomic mass is 9.98. The van der Waals surface area contributed by atoms with Crippen molar-refractivity contribution in [3.8, 4) is 0 Å². The van der Waals surface area contributed by atoms with Gasteiger partial charge in [0.15, 0.2) is 5.96 Å². The van der Waals surface area contributed by atoms with Gasteiger partial charge in [0, 0.05) is 24.4 Å². The predicted molar refractivity (Wildman–Crippen MR) is 138 cm³/mol. The third-order valence-corrected chi connectivity index (χ3v) is 5.49. The van der Waals surface area contributed by atoms with Gasteiger partial charge < -0.3 is 28.3 Å². The first-order valence-corrected chi connectivity index (χ1v) is 11.7. The molecular weight excluding hydrogens is 468 g/mol. The van der Waals surface area contributed by atoms with Gasteiger partial charge in [-0.25, -0.2) is 0 Å². The molecule has 0 spiro atoms. The van der Waals surface area contributed by atoms with E-state index in [1.807, 2.05) is 13.8 Å². The lowest BCUT2D eigenvalue weighted by Crippen LogP contribution is -2.58. The molecule has 1 aromatic carbocycles. The average molecular weight is 507 g/mol. The molecule has 1 rings (SSSR count). The zero-order chi connectivity index (χ0) is 27.6. The smallest absolute Gasteiger partial charge is 0.269 e. The molecule has 13 nitrogen and oxygen atoms in total. The number of nitrogens with one attached hydrogen (secondary N) is 1. The minimum absolute atomic E-state index is 0.00197. The Morgan fingerprint density at radius 1 is 1.08 bits per heavy atom. The number of nitro benzene ring substituents is 1. The summed E-state index contributed by atoms with van der Waals surface area (Å²) in [6.07, 6.45) is 0.697. The van der Waals surface area contributed by atoms with Crippen molar-refractivity contribution in [2.45, 2.75) is 65.1 Å². The van der Waals surface area contributed by atoms with Crippen LogP contribution in [0.3, 0.4) is 0 Å². The second kappa shape index (κ2) is 14.0. The number of amides is 3. The number of primary amides is 1. The SMILES string of the molecule is CC(C)C[C@H](NC(=O)[C@@H](N)C(C)C)C(=O)N(c1ccc([N+](=O)[O-])cc1)[C@@H](CCCN=C(N)N)C(N)=O. The van der Waals surface area contributed by atoms with Gasteiger partial charge in [0.1, 0.15) is 12.1 Å². The summed E-state index contributed by atoms with van der Waals surface area (Å²) in [7, 11) is 0. The lowest BCUT2D eigenvalue weighted by molar-refractivity contribution is -0.384. The number of carbonyl (C=O) groups excluding carboxylic acids is 3. The summed E-state index contributed by atoms with van der Waals surface area (Å²) in [5.41, 5.74) is 22.4. The number of benzene rings is 1. The molecule has 0 aliphatic heterocycles. The molecule has 0 radical (unpaired) electrons. The largest absolute Gasteiger partial charge is 0.370 e. The highest BCUT2D eigenvalue weighted by Gasteiger charge is 2.36. The van der Waals surface area contributed by atoms with Crippen LogP contribution in [-0.4, -0.2) is 53.3 Å². The van der Waals surface area contributed by atoms with Crippen LogP contribution >= 0.6 is 0 Å². The predicted octanol–water partition coefficient (Wildman–Crippen LogP) is 0.350. The molecule has 1 aromatic rings. The maximum absolute atomic E-state index is 13.9. The molecule has 0 aliphatic carbocycles. The van der Waals surface area contributed by atoms with Crippen molar-refractivity contribution in [1.82, 2.24) is 5.32 Å². The summed E-state index contributed by atoms with van der Waals surface area (Å²) in [5.74, 6) is -2.17. The highest BCUT2D eigenvalue weighted by molar-refractivity contribution is 6.04. The third kappa shape index (κ3) is 9.13. The number of nitrogens with zero attached hydrogens (tertiary/aromatic N) is 3. The van der Waals surface area contributed by atoms with Gasteiger partial charge in [-0.15, -0.1) is 0 Å². The van der Waals surface area contributed by atoms with E-state index >= 15 is 0 Å². The zero-order valence-corrected chi connectivity index (χ0v) is 21.2. The molecule has 0 aromatic heterocycles. The molecule has 3 atom stereocenters. The van der Waals surface area contributed by atoms with Crippen molar-refractivity contribution < 1.29 is 19.3 Å². The van der Waals surface area contributed by atoms with Crippen LogP contribution in [0.1, 0.15) is 47.0 Å². The summed E-state index contributed by atoms with van der Waals surface area (Å²) in [6.45, 7) is 7.53. The molecule has 0 saturated carbocycles. The normalized spacial score (nSPS) is 13.5. The number of guanidine groups is 1. The molecule has 0 fully saturated rings. The minimum atomic E-state index is -1.13. The van der Waals surface area contributed by atoms with Gasteiger partial charge in [-0.05, 0) is 43.2 Å². The summed E-state index contributed by atoms with van der Waals surface area (Å²) >= 11 is 0. The van der Waals surface area contributed by atoms with E-state index in [2.05, 4.69) is 10.3 Å². The fourth-order valence-electron chi connectivity index (χ4n) is 3.52. The van der Waals surface area contributed by atoms with Gasteiger partial charge in [0.05, 0.1) is 11.0 Å². The Bertz CT molecular complexity index is 944. The number of nitro groups is 1. The Kier molecular flexibility index (Phi) is 11.8. The van der Waals surface area contributed by atoms with Crippen molar-refractivity contribution in [3.63, 3.8) is 0 Å². The van der Waals surface area contributed by atoms with E-state index in [9.17, 15) is 24.5 Å². The van der Waals surface area contributed by atoms with Gasteiger partial charge in [0.2, 0.25) is 17.7 Å². The number of hydrogen-bond acceptors (Lipinski definition) is 7. The maximum atomic E-state index is 13.9. The second-order valence-corrected chi connectivity index (χ2v) is 9.31. The van der Waals surface area contributed by atoms with E-state index in [0.717, 1.165) is 0 Å². The number of carbonyl (C=O) groups is 3. The Morgan fingerprint density at radius 3 is 2.11 bits per heavy atom. The number of hydrogen-bond donors (Lipinski definition) is 5. The Labute approximate surface area is 210 Å². The molecule has 0 saturated heterocycles. The van der Waals surface area contributed by atoms with Gasteiger partial charge in [-0.2, -0.15) is 0 Å². The van der Waals surface area contributed by atoms with Crippen LogP contribution < -0.4 is 33.2 Å². The van der Waals surface area contributed by atoms with Crippen LogP contribution in [0.25, 0.3) is 0 Å². The Balaban J connectivity index is 3.47. The van der Waals surface area contributed by atoms with Crippen LogP contribution in [0.4, 0.5) is 11.4 Å². The fourth-order valence-corrected chi connectivity index (χ4v) is 3.52. The first kappa shape index (κ1) is 30.3. The van der Waals surface area contributed by atoms with Crippen LogP contribution in [0.2, 0.25) is 0 Å². The third-order valence-electron chi connectivity index (χ3n) is 5.49. The van der Waals surface area contributed by atoms with Crippen LogP contribution in [0.5, 0.6) is 0 Å². The van der Waals surface area contributed by atoms with Crippen molar-refractivity contribution >= 4 is 35.1 Å². The second-order valence-electron chi connectivity index (χ2n) is 9.31. The number of rotatable bonds is 14. The summed E-state index contributed by atoms with van der Waals surface area (Å²) in [5, 5.41) is 13.8. The van der Waals surface area contributed by atoms with E-state index < -0.39 is 40.8 Å². The molecule has 3 amide bonds. The van der Waals surface area contributed by atoms with E-state index in [-0.39, 0.29) is 48.6 Å². The van der Waals surface area contributed by atoms with Crippen LogP contribution in [0, 0.1) is 22.0 Å². The molecule has 200 valence electrons. The van der Waals surface area contributed by atoms with Crippen molar-refractivity contribution in [2.24, 2.45) is 39.8 Å². The Morgan fingerprint density at radius 2 is 1.67 bits per heavy atom. The zero-order valence-electron chi connectivity index (χ0n) is 21.2. The lowest BCUT2D eigenvalue weighted by Gasteiger charge is -2.34. The summed E-state index contributed by atoms with van der Waals surface area (Å²) in [4.78, 5) is 54.7. The number of aliphatic imine (C=N–C) groups is 1. The first-order valence-electron chi connectivity index (χ1n) is 11.7. The van der Waals surface area contributed by atoms with Crippen molar-refractivity contribution in [2.75, 3.05) is 11.4 Å². The summed E-state index contributed by atoms with van der Waals surface area (Å²) in [6, 6.07) is 2.17. The van der Waals surface area contributed by atoms with Gasteiger partial charge >= 0.3 is 0 Å². The monoisotopic (exact) mass is 506 g/mol. The van der Waals surface area contributed by atoms with E-state index in [1.165, 1.54) is 29.2 Å². The number of non-ortho nitro benzene ring substituents is 1.